The minimum absolute atomic E-state index is 0.354. The molecule has 3 rings (SSSR count). The third-order valence-corrected chi connectivity index (χ3v) is 3.24. The van der Waals surface area contributed by atoms with Crippen molar-refractivity contribution in [3.63, 3.8) is 0 Å². The van der Waals surface area contributed by atoms with Crippen molar-refractivity contribution in [2.24, 2.45) is 0 Å². The van der Waals surface area contributed by atoms with Crippen molar-refractivity contribution in [2.75, 3.05) is 12.8 Å². The van der Waals surface area contributed by atoms with Gasteiger partial charge in [-0.2, -0.15) is 0 Å². The molecule has 1 aromatic carbocycles. The highest BCUT2D eigenvalue weighted by Gasteiger charge is 2.18. The lowest BCUT2D eigenvalue weighted by atomic mass is 10.0. The predicted molar refractivity (Wildman–Crippen MR) is 80.9 cm³/mol. The third-order valence-electron chi connectivity index (χ3n) is 3.24. The van der Waals surface area contributed by atoms with Gasteiger partial charge in [0.25, 0.3) is 0 Å². The van der Waals surface area contributed by atoms with Crippen LogP contribution < -0.4 is 10.5 Å². The van der Waals surface area contributed by atoms with Gasteiger partial charge in [-0.1, -0.05) is 17.3 Å². The summed E-state index contributed by atoms with van der Waals surface area (Å²) in [6, 6.07) is 11.4. The Hall–Kier alpha value is -2.82. The number of anilines is 1. The van der Waals surface area contributed by atoms with Crippen LogP contribution in [0.5, 0.6) is 5.75 Å². The summed E-state index contributed by atoms with van der Waals surface area (Å²) in [6.45, 7) is 1.93. The van der Waals surface area contributed by atoms with Gasteiger partial charge >= 0.3 is 0 Å². The number of rotatable bonds is 3. The number of methoxy groups -OCH3 is 1. The Labute approximate surface area is 122 Å². The second-order valence-corrected chi connectivity index (χ2v) is 4.69. The maximum atomic E-state index is 5.98. The molecule has 0 unspecified atom stereocenters. The zero-order valence-corrected chi connectivity index (χ0v) is 11.8. The number of hydrogen-bond acceptors (Lipinski definition) is 5. The average Bonchev–Trinajstić information content (AvgIpc) is 2.89. The van der Waals surface area contributed by atoms with Crippen LogP contribution in [0.2, 0.25) is 0 Å². The smallest absolute Gasteiger partial charge is 0.177 e. The number of aromatic nitrogens is 2. The number of hydrogen-bond donors (Lipinski definition) is 1. The Balaban J connectivity index is 2.17. The van der Waals surface area contributed by atoms with Gasteiger partial charge in [-0.15, -0.1) is 0 Å². The van der Waals surface area contributed by atoms with E-state index in [2.05, 4.69) is 10.1 Å². The molecule has 3 aromatic rings. The molecule has 0 spiro atoms. The minimum atomic E-state index is 0.354. The Kier molecular flexibility index (Phi) is 3.31. The zero-order valence-electron chi connectivity index (χ0n) is 11.8. The van der Waals surface area contributed by atoms with Gasteiger partial charge in [-0.05, 0) is 36.8 Å². The normalized spacial score (nSPS) is 10.6. The molecular weight excluding hydrogens is 266 g/mol. The van der Waals surface area contributed by atoms with Crippen LogP contribution in [-0.2, 0) is 0 Å². The van der Waals surface area contributed by atoms with E-state index in [0.29, 0.717) is 11.6 Å². The Bertz CT molecular complexity index is 781. The minimum Gasteiger partial charge on any atom is -0.497 e. The molecule has 0 bridgehead atoms. The first kappa shape index (κ1) is 13.2. The summed E-state index contributed by atoms with van der Waals surface area (Å²) in [4.78, 5) is 4.19. The van der Waals surface area contributed by atoms with Gasteiger partial charge in [0.15, 0.2) is 11.6 Å². The van der Waals surface area contributed by atoms with E-state index in [-0.39, 0.29) is 0 Å². The van der Waals surface area contributed by atoms with Crippen LogP contribution in [0.25, 0.3) is 22.5 Å². The van der Waals surface area contributed by atoms with Crippen LogP contribution in [0.3, 0.4) is 0 Å². The first-order valence-corrected chi connectivity index (χ1v) is 6.51. The number of nitrogen functional groups attached to an aromatic ring is 1. The monoisotopic (exact) mass is 281 g/mol. The largest absolute Gasteiger partial charge is 0.497 e. The summed E-state index contributed by atoms with van der Waals surface area (Å²) in [5.41, 5.74) is 9.44. The average molecular weight is 281 g/mol. The molecule has 0 amide bonds. The Morgan fingerprint density at radius 1 is 1.14 bits per heavy atom. The van der Waals surface area contributed by atoms with Crippen molar-refractivity contribution in [3.8, 4) is 28.2 Å². The highest BCUT2D eigenvalue weighted by Crippen LogP contribution is 2.37. The fraction of sp³-hybridized carbons (Fsp3) is 0.125. The van der Waals surface area contributed by atoms with Gasteiger partial charge < -0.3 is 15.0 Å². The molecule has 0 fully saturated rings. The predicted octanol–water partition coefficient (Wildman–Crippen LogP) is 3.30. The third kappa shape index (κ3) is 2.45. The fourth-order valence-electron chi connectivity index (χ4n) is 2.24. The molecule has 0 atom stereocenters. The molecule has 0 aliphatic carbocycles. The molecule has 0 saturated heterocycles. The molecule has 2 N–H and O–H groups in total. The second kappa shape index (κ2) is 5.28. The van der Waals surface area contributed by atoms with Gasteiger partial charge in [-0.3, -0.25) is 4.98 Å². The molecule has 0 saturated carbocycles. The van der Waals surface area contributed by atoms with Crippen LogP contribution in [0, 0.1) is 6.92 Å². The maximum absolute atomic E-state index is 5.98. The van der Waals surface area contributed by atoms with Crippen molar-refractivity contribution < 1.29 is 9.26 Å². The maximum Gasteiger partial charge on any atom is 0.177 e. The molecule has 0 aliphatic heterocycles. The number of nitrogens with zero attached hydrogens (tertiary/aromatic N) is 2. The summed E-state index contributed by atoms with van der Waals surface area (Å²) in [5, 5.41) is 3.90. The van der Waals surface area contributed by atoms with Crippen molar-refractivity contribution in [1.82, 2.24) is 10.1 Å². The summed E-state index contributed by atoms with van der Waals surface area (Å²) >= 11 is 0. The van der Waals surface area contributed by atoms with Crippen molar-refractivity contribution in [1.29, 1.82) is 0 Å². The van der Waals surface area contributed by atoms with Crippen LogP contribution in [-0.4, -0.2) is 17.3 Å². The lowest BCUT2D eigenvalue weighted by Crippen LogP contribution is -1.90. The first-order chi connectivity index (χ1) is 10.2. The van der Waals surface area contributed by atoms with E-state index in [0.717, 1.165) is 28.1 Å². The molecule has 2 aromatic heterocycles. The molecular formula is C16H15N3O2. The van der Waals surface area contributed by atoms with Crippen LogP contribution in [0.15, 0.2) is 47.1 Å². The van der Waals surface area contributed by atoms with E-state index in [4.69, 9.17) is 15.0 Å². The Morgan fingerprint density at radius 2 is 2.00 bits per heavy atom. The fourth-order valence-corrected chi connectivity index (χ4v) is 2.24. The van der Waals surface area contributed by atoms with Gasteiger partial charge in [0.2, 0.25) is 0 Å². The van der Waals surface area contributed by atoms with Crippen molar-refractivity contribution >= 4 is 5.82 Å². The highest BCUT2D eigenvalue weighted by atomic mass is 16.5. The van der Waals surface area contributed by atoms with Crippen LogP contribution in [0.4, 0.5) is 5.82 Å². The number of ether oxygens (including phenoxy) is 1. The van der Waals surface area contributed by atoms with E-state index in [1.807, 2.05) is 43.3 Å². The van der Waals surface area contributed by atoms with E-state index in [9.17, 15) is 0 Å². The molecule has 5 nitrogen and oxygen atoms in total. The lowest BCUT2D eigenvalue weighted by Gasteiger charge is -2.05. The van der Waals surface area contributed by atoms with Gasteiger partial charge in [0.1, 0.15) is 5.75 Å². The van der Waals surface area contributed by atoms with Gasteiger partial charge in [0.05, 0.1) is 12.7 Å². The van der Waals surface area contributed by atoms with Gasteiger partial charge in [-0.25, -0.2) is 0 Å². The quantitative estimate of drug-likeness (QED) is 0.797. The van der Waals surface area contributed by atoms with Crippen LogP contribution in [0.1, 0.15) is 5.69 Å². The van der Waals surface area contributed by atoms with E-state index in [1.165, 1.54) is 0 Å². The topological polar surface area (TPSA) is 74.2 Å². The molecule has 5 heteroatoms. The molecule has 2 heterocycles. The summed E-state index contributed by atoms with van der Waals surface area (Å²) < 4.78 is 10.7. The second-order valence-electron chi connectivity index (χ2n) is 4.69. The van der Waals surface area contributed by atoms with E-state index >= 15 is 0 Å². The molecule has 0 aliphatic rings. The first-order valence-electron chi connectivity index (χ1n) is 6.51. The van der Waals surface area contributed by atoms with Crippen molar-refractivity contribution in [2.45, 2.75) is 6.92 Å². The Morgan fingerprint density at radius 3 is 2.76 bits per heavy atom. The number of benzene rings is 1. The van der Waals surface area contributed by atoms with Gasteiger partial charge in [0, 0.05) is 17.5 Å². The molecule has 106 valence electrons. The summed E-state index contributed by atoms with van der Waals surface area (Å²) in [7, 11) is 1.63. The SMILES string of the molecule is COc1cccc(-c2c(N)noc2-c2ccnc(C)c2)c1. The van der Waals surface area contributed by atoms with E-state index < -0.39 is 0 Å². The van der Waals surface area contributed by atoms with E-state index in [1.54, 1.807) is 13.3 Å². The number of nitrogens with two attached hydrogens (primary N) is 1. The molecule has 0 radical (unpaired) electrons. The number of pyridine rings is 1. The molecule has 21 heavy (non-hydrogen) atoms. The van der Waals surface area contributed by atoms with Crippen LogP contribution >= 0.6 is 0 Å². The lowest BCUT2D eigenvalue weighted by molar-refractivity contribution is 0.415. The summed E-state index contributed by atoms with van der Waals surface area (Å²) in [5.74, 6) is 1.74. The van der Waals surface area contributed by atoms with Crippen molar-refractivity contribution in [3.05, 3.63) is 48.3 Å². The zero-order chi connectivity index (χ0) is 14.8. The standard InChI is InChI=1S/C16H15N3O2/c1-10-8-12(6-7-18-10)15-14(16(17)19-21-15)11-4-3-5-13(9-11)20-2/h3-9H,1-2H3,(H2,17,19). The number of aryl methyl sites for hydroxylation is 1. The highest BCUT2D eigenvalue weighted by molar-refractivity contribution is 5.86. The summed E-state index contributed by atoms with van der Waals surface area (Å²) in [6.07, 6.45) is 1.73.